The molecule has 1 aromatic heterocycles. The van der Waals surface area contributed by atoms with Gasteiger partial charge in [0, 0.05) is 42.3 Å². The Bertz CT molecular complexity index is 2250. The number of aromatic hydroxyl groups is 1. The summed E-state index contributed by atoms with van der Waals surface area (Å²) in [6.07, 6.45) is 2.59. The van der Waals surface area contributed by atoms with E-state index in [0.29, 0.717) is 29.7 Å². The van der Waals surface area contributed by atoms with Crippen LogP contribution in [0.2, 0.25) is 0 Å². The van der Waals surface area contributed by atoms with E-state index in [-0.39, 0.29) is 43.3 Å². The van der Waals surface area contributed by atoms with E-state index in [1.54, 1.807) is 55.6 Å². The third kappa shape index (κ3) is 16.3. The van der Waals surface area contributed by atoms with Crippen molar-refractivity contribution in [2.45, 2.75) is 109 Å². The average Bonchev–Trinajstić information content (AvgIpc) is 3.69. The van der Waals surface area contributed by atoms with Crippen molar-refractivity contribution in [1.82, 2.24) is 36.9 Å². The molecule has 356 valence electrons. The van der Waals surface area contributed by atoms with Crippen molar-refractivity contribution in [3.8, 4) is 5.75 Å². The molecule has 7 atom stereocenters. The summed E-state index contributed by atoms with van der Waals surface area (Å²) in [4.78, 5) is 97.9. The first-order chi connectivity index (χ1) is 31.4. The van der Waals surface area contributed by atoms with Crippen molar-refractivity contribution in [3.05, 3.63) is 102 Å². The molecule has 0 saturated carbocycles. The number of H-pyrrole nitrogens is 1. The number of fused-ring (bicyclic) bond motifs is 1. The van der Waals surface area contributed by atoms with Crippen LogP contribution in [0.5, 0.6) is 5.75 Å². The summed E-state index contributed by atoms with van der Waals surface area (Å²) in [6.45, 7) is 6.64. The molecule has 18 heteroatoms. The molecule has 18 nitrogen and oxygen atoms in total. The van der Waals surface area contributed by atoms with Crippen LogP contribution in [0.25, 0.3) is 10.9 Å². The predicted molar refractivity (Wildman–Crippen MR) is 249 cm³/mol. The van der Waals surface area contributed by atoms with Crippen LogP contribution in [0, 0.1) is 11.8 Å². The van der Waals surface area contributed by atoms with Gasteiger partial charge in [0.2, 0.25) is 41.4 Å². The lowest BCUT2D eigenvalue weighted by atomic mass is 9.98. The molecule has 3 aromatic carbocycles. The zero-order chi connectivity index (χ0) is 48.3. The van der Waals surface area contributed by atoms with E-state index >= 15 is 0 Å². The van der Waals surface area contributed by atoms with Crippen LogP contribution < -0.4 is 43.4 Å². The summed E-state index contributed by atoms with van der Waals surface area (Å²) in [6, 6.07) is 16.1. The first kappa shape index (κ1) is 51.8. The van der Waals surface area contributed by atoms with Crippen molar-refractivity contribution >= 4 is 52.3 Å². The fraction of sp³-hybridized carbons (Fsp3) is 0.438. The number of rotatable bonds is 26. The maximum Gasteiger partial charge on any atom is 0.243 e. The van der Waals surface area contributed by atoms with Gasteiger partial charge in [0.1, 0.15) is 36.0 Å². The molecule has 0 unspecified atom stereocenters. The molecule has 0 saturated heterocycles. The van der Waals surface area contributed by atoms with Gasteiger partial charge in [-0.1, -0.05) is 87.9 Å². The Balaban J connectivity index is 1.56. The number of benzene rings is 3. The zero-order valence-electron chi connectivity index (χ0n) is 38.0. The van der Waals surface area contributed by atoms with Gasteiger partial charge in [-0.05, 0) is 73.5 Å². The van der Waals surface area contributed by atoms with Crippen LogP contribution in [-0.4, -0.2) is 106 Å². The number of carbonyl (C=O) groups excluding carboxylic acids is 7. The number of aromatic amines is 1. The second kappa shape index (κ2) is 25.6. The van der Waals surface area contributed by atoms with Gasteiger partial charge >= 0.3 is 0 Å². The van der Waals surface area contributed by atoms with Crippen LogP contribution in [-0.2, 0) is 52.8 Å². The molecule has 0 radical (unpaired) electrons. The minimum atomic E-state index is -1.44. The number of primary amides is 1. The molecule has 13 N–H and O–H groups in total. The highest BCUT2D eigenvalue weighted by molar-refractivity contribution is 5.97. The number of para-hydroxylation sites is 1. The third-order valence-corrected chi connectivity index (χ3v) is 11.1. The van der Waals surface area contributed by atoms with E-state index in [9.17, 15) is 43.8 Å². The number of aliphatic hydroxyl groups excluding tert-OH is 1. The number of aromatic nitrogens is 1. The van der Waals surface area contributed by atoms with E-state index in [4.69, 9.17) is 11.5 Å². The Morgan fingerprint density at radius 3 is 1.83 bits per heavy atom. The van der Waals surface area contributed by atoms with Crippen LogP contribution in [0.3, 0.4) is 0 Å². The first-order valence-electron chi connectivity index (χ1n) is 22.3. The van der Waals surface area contributed by atoms with Crippen LogP contribution in [0.15, 0.2) is 85.1 Å². The average molecular weight is 912 g/mol. The van der Waals surface area contributed by atoms with E-state index in [2.05, 4.69) is 36.9 Å². The summed E-state index contributed by atoms with van der Waals surface area (Å²) in [5.41, 5.74) is 13.8. The van der Waals surface area contributed by atoms with Crippen molar-refractivity contribution in [3.63, 3.8) is 0 Å². The maximum absolute atomic E-state index is 14.3. The van der Waals surface area contributed by atoms with Gasteiger partial charge in [-0.2, -0.15) is 0 Å². The Morgan fingerprint density at radius 2 is 1.20 bits per heavy atom. The standard InChI is InChI=1S/C48H65N9O9/c1-28(2)22-37(55-47(65)39(24-32-17-19-34(59)20-18-32)54-44(62)29(3)12-10-11-21-49)46(64)56-40(25-33-26-51-36-16-9-8-15-35(33)36)45(63)52-27-41(60)53-38(23-31-13-6-5-7-14-31)48(66)57-42(30(4)58)43(50)61/h5-9,13-20,26,28-30,37-40,42,51,58-59H,10-12,21-25,27,49H2,1-4H3,(H2,50,61)(H,52,63)(H,53,60)(H,54,62)(H,55,65)(H,56,64)(H,57,66)/t29-,30+,37-,38-,39-,40-,42-/m0/s1. The number of carbonyl (C=O) groups is 7. The van der Waals surface area contributed by atoms with Crippen molar-refractivity contribution < 1.29 is 43.8 Å². The number of nitrogens with two attached hydrogens (primary N) is 2. The highest BCUT2D eigenvalue weighted by Gasteiger charge is 2.33. The SMILES string of the molecule is CC(C)C[C@H](NC(=O)[C@H](Cc1ccc(O)cc1)NC(=O)[C@@H](C)CCCCN)C(=O)N[C@@H](Cc1c[nH]c2ccccc12)C(=O)NCC(=O)N[C@@H](Cc1ccccc1)C(=O)N[C@H](C(N)=O)[C@@H](C)O. The Hall–Kier alpha value is -6.79. The molecule has 0 aliphatic heterocycles. The largest absolute Gasteiger partial charge is 0.508 e. The normalized spacial score (nSPS) is 14.4. The number of phenols is 1. The molecular weight excluding hydrogens is 847 g/mol. The number of hydrogen-bond acceptors (Lipinski definition) is 10. The third-order valence-electron chi connectivity index (χ3n) is 11.1. The fourth-order valence-electron chi connectivity index (χ4n) is 7.37. The quantitative estimate of drug-likeness (QED) is 0.0399. The molecule has 1 heterocycles. The number of phenolic OH excluding ortho intramolecular Hbond substituents is 1. The van der Waals surface area contributed by atoms with Crippen molar-refractivity contribution in [1.29, 1.82) is 0 Å². The van der Waals surface area contributed by atoms with Crippen molar-refractivity contribution in [2.75, 3.05) is 13.1 Å². The lowest BCUT2D eigenvalue weighted by Crippen LogP contribution is -2.59. The monoisotopic (exact) mass is 911 g/mol. The Labute approximate surface area is 384 Å². The van der Waals surface area contributed by atoms with Crippen LogP contribution >= 0.6 is 0 Å². The number of hydrogen-bond donors (Lipinski definition) is 11. The second-order valence-corrected chi connectivity index (χ2v) is 17.1. The lowest BCUT2D eigenvalue weighted by molar-refractivity contribution is -0.135. The summed E-state index contributed by atoms with van der Waals surface area (Å²) < 4.78 is 0. The van der Waals surface area contributed by atoms with Gasteiger partial charge in [0.25, 0.3) is 0 Å². The van der Waals surface area contributed by atoms with E-state index in [0.717, 1.165) is 23.7 Å². The van der Waals surface area contributed by atoms with Gasteiger partial charge in [-0.25, -0.2) is 0 Å². The minimum Gasteiger partial charge on any atom is -0.508 e. The molecule has 0 bridgehead atoms. The lowest BCUT2D eigenvalue weighted by Gasteiger charge is -2.27. The summed E-state index contributed by atoms with van der Waals surface area (Å²) in [7, 11) is 0. The molecule has 7 amide bonds. The molecule has 4 rings (SSSR count). The molecule has 0 fully saturated rings. The zero-order valence-corrected chi connectivity index (χ0v) is 38.0. The molecule has 4 aromatic rings. The molecule has 0 aliphatic rings. The van der Waals surface area contributed by atoms with Gasteiger partial charge in [0.15, 0.2) is 0 Å². The highest BCUT2D eigenvalue weighted by atomic mass is 16.3. The van der Waals surface area contributed by atoms with Gasteiger partial charge in [-0.15, -0.1) is 0 Å². The van der Waals surface area contributed by atoms with E-state index in [1.165, 1.54) is 19.1 Å². The van der Waals surface area contributed by atoms with Crippen LogP contribution in [0.4, 0.5) is 0 Å². The number of aliphatic hydroxyl groups is 1. The first-order valence-corrected chi connectivity index (χ1v) is 22.3. The number of unbranched alkanes of at least 4 members (excludes halogenated alkanes) is 1. The maximum atomic E-state index is 14.3. The summed E-state index contributed by atoms with van der Waals surface area (Å²) in [5.74, 6) is -5.48. The van der Waals surface area contributed by atoms with E-state index in [1.807, 2.05) is 38.1 Å². The molecule has 0 spiro atoms. The van der Waals surface area contributed by atoms with Gasteiger partial charge in [-0.3, -0.25) is 33.6 Å². The fourth-order valence-corrected chi connectivity index (χ4v) is 7.37. The topological polar surface area (TPSA) is 300 Å². The Morgan fingerprint density at radius 1 is 0.636 bits per heavy atom. The molecular formula is C48H65N9O9. The van der Waals surface area contributed by atoms with Crippen LogP contribution in [0.1, 0.15) is 70.1 Å². The van der Waals surface area contributed by atoms with E-state index < -0.39 is 84.2 Å². The number of nitrogens with one attached hydrogen (secondary N) is 7. The molecule has 0 aliphatic carbocycles. The number of amides is 7. The minimum absolute atomic E-state index is 0.00679. The highest BCUT2D eigenvalue weighted by Crippen LogP contribution is 2.20. The Kier molecular flexibility index (Phi) is 20.1. The van der Waals surface area contributed by atoms with Crippen molar-refractivity contribution in [2.24, 2.45) is 23.3 Å². The predicted octanol–water partition coefficient (Wildman–Crippen LogP) is 1.12. The second-order valence-electron chi connectivity index (χ2n) is 17.1. The summed E-state index contributed by atoms with van der Waals surface area (Å²) in [5, 5.41) is 36.7. The molecule has 66 heavy (non-hydrogen) atoms. The smallest absolute Gasteiger partial charge is 0.243 e. The van der Waals surface area contributed by atoms with Gasteiger partial charge in [0.05, 0.1) is 12.6 Å². The van der Waals surface area contributed by atoms with Gasteiger partial charge < -0.3 is 58.6 Å². The summed E-state index contributed by atoms with van der Waals surface area (Å²) >= 11 is 0.